The molecule has 1 aromatic carbocycles. The van der Waals surface area contributed by atoms with E-state index in [1.165, 1.54) is 12.8 Å². The van der Waals surface area contributed by atoms with Gasteiger partial charge in [0.2, 0.25) is 0 Å². The standard InChI is InChI=1S/C20H28N2O2/c1-15-7-3-5-13-21(15)19(23)17-9-11-18(12-10-17)20(24)22-14-6-4-8-16(22)2/h9-12,15-16H,3-8,13-14H2,1-2H3/t15-,16-/m1/s1. The molecule has 4 nitrogen and oxygen atoms in total. The Labute approximate surface area is 144 Å². The lowest BCUT2D eigenvalue weighted by atomic mass is 10.0. The molecule has 0 saturated carbocycles. The van der Waals surface area contributed by atoms with Gasteiger partial charge in [-0.05, 0) is 76.6 Å². The average Bonchev–Trinajstić information content (AvgIpc) is 2.61. The van der Waals surface area contributed by atoms with Crippen LogP contribution in [-0.4, -0.2) is 46.8 Å². The van der Waals surface area contributed by atoms with Crippen molar-refractivity contribution >= 4 is 11.8 Å². The van der Waals surface area contributed by atoms with Gasteiger partial charge in [-0.1, -0.05) is 0 Å². The first-order chi connectivity index (χ1) is 11.6. The normalized spacial score (nSPS) is 24.8. The molecule has 0 bridgehead atoms. The quantitative estimate of drug-likeness (QED) is 0.830. The maximum atomic E-state index is 12.7. The first-order valence-electron chi connectivity index (χ1n) is 9.30. The summed E-state index contributed by atoms with van der Waals surface area (Å²) in [5, 5.41) is 0. The molecule has 0 aromatic heterocycles. The first-order valence-corrected chi connectivity index (χ1v) is 9.30. The van der Waals surface area contributed by atoms with Crippen molar-refractivity contribution in [3.05, 3.63) is 35.4 Å². The second-order valence-corrected chi connectivity index (χ2v) is 7.26. The summed E-state index contributed by atoms with van der Waals surface area (Å²) in [7, 11) is 0. The van der Waals surface area contributed by atoms with Crippen LogP contribution in [-0.2, 0) is 0 Å². The molecule has 130 valence electrons. The number of piperidine rings is 2. The van der Waals surface area contributed by atoms with E-state index in [0.717, 1.165) is 38.8 Å². The largest absolute Gasteiger partial charge is 0.336 e. The van der Waals surface area contributed by atoms with Gasteiger partial charge in [0.05, 0.1) is 0 Å². The first kappa shape index (κ1) is 17.0. The van der Waals surface area contributed by atoms with Crippen molar-refractivity contribution in [2.75, 3.05) is 13.1 Å². The number of hydrogen-bond donors (Lipinski definition) is 0. The van der Waals surface area contributed by atoms with Crippen LogP contribution in [0.4, 0.5) is 0 Å². The van der Waals surface area contributed by atoms with Gasteiger partial charge in [-0.2, -0.15) is 0 Å². The van der Waals surface area contributed by atoms with Gasteiger partial charge in [-0.15, -0.1) is 0 Å². The molecule has 0 radical (unpaired) electrons. The fourth-order valence-corrected chi connectivity index (χ4v) is 3.89. The highest BCUT2D eigenvalue weighted by molar-refractivity contribution is 5.98. The van der Waals surface area contributed by atoms with E-state index in [9.17, 15) is 9.59 Å². The number of hydrogen-bond acceptors (Lipinski definition) is 2. The van der Waals surface area contributed by atoms with Gasteiger partial charge in [0.15, 0.2) is 0 Å². The minimum Gasteiger partial charge on any atom is -0.336 e. The zero-order chi connectivity index (χ0) is 17.1. The van der Waals surface area contributed by atoms with Crippen molar-refractivity contribution < 1.29 is 9.59 Å². The Bertz CT molecular complexity index is 543. The molecule has 1 aromatic rings. The van der Waals surface area contributed by atoms with Gasteiger partial charge in [-0.3, -0.25) is 9.59 Å². The van der Waals surface area contributed by atoms with Crippen molar-refractivity contribution in [3.8, 4) is 0 Å². The molecule has 0 unspecified atom stereocenters. The van der Waals surface area contributed by atoms with Crippen LogP contribution in [0.5, 0.6) is 0 Å². The van der Waals surface area contributed by atoms with E-state index in [-0.39, 0.29) is 11.8 Å². The Morgan fingerprint density at radius 2 is 1.12 bits per heavy atom. The summed E-state index contributed by atoms with van der Waals surface area (Å²) in [4.78, 5) is 29.3. The molecule has 4 heteroatoms. The average molecular weight is 328 g/mol. The lowest BCUT2D eigenvalue weighted by Gasteiger charge is -2.34. The van der Waals surface area contributed by atoms with Crippen LogP contribution >= 0.6 is 0 Å². The van der Waals surface area contributed by atoms with Crippen molar-refractivity contribution in [1.29, 1.82) is 0 Å². The number of rotatable bonds is 2. The third-order valence-electron chi connectivity index (χ3n) is 5.51. The van der Waals surface area contributed by atoms with Gasteiger partial charge in [0, 0.05) is 36.3 Å². The number of carbonyl (C=O) groups excluding carboxylic acids is 2. The van der Waals surface area contributed by atoms with Crippen LogP contribution < -0.4 is 0 Å². The summed E-state index contributed by atoms with van der Waals surface area (Å²) < 4.78 is 0. The van der Waals surface area contributed by atoms with E-state index in [4.69, 9.17) is 0 Å². The SMILES string of the molecule is C[C@@H]1CCCCN1C(=O)c1ccc(C(=O)N2CCCC[C@H]2C)cc1. The Morgan fingerprint density at radius 3 is 1.46 bits per heavy atom. The van der Waals surface area contributed by atoms with Crippen LogP contribution in [0.15, 0.2) is 24.3 Å². The van der Waals surface area contributed by atoms with Crippen molar-refractivity contribution in [1.82, 2.24) is 9.80 Å². The van der Waals surface area contributed by atoms with Crippen molar-refractivity contribution in [2.24, 2.45) is 0 Å². The minimum absolute atomic E-state index is 0.0903. The summed E-state index contributed by atoms with van der Waals surface area (Å²) in [6.45, 7) is 5.91. The topological polar surface area (TPSA) is 40.6 Å². The summed E-state index contributed by atoms with van der Waals surface area (Å²) in [6.07, 6.45) is 6.72. The smallest absolute Gasteiger partial charge is 0.254 e. The van der Waals surface area contributed by atoms with E-state index >= 15 is 0 Å². The highest BCUT2D eigenvalue weighted by atomic mass is 16.2. The fraction of sp³-hybridized carbons (Fsp3) is 0.600. The predicted molar refractivity (Wildman–Crippen MR) is 95.1 cm³/mol. The molecule has 2 aliphatic rings. The van der Waals surface area contributed by atoms with E-state index in [1.54, 1.807) is 0 Å². The Morgan fingerprint density at radius 1 is 0.750 bits per heavy atom. The molecule has 0 spiro atoms. The molecule has 3 rings (SSSR count). The Kier molecular flexibility index (Phi) is 5.22. The van der Waals surface area contributed by atoms with Gasteiger partial charge in [0.1, 0.15) is 0 Å². The van der Waals surface area contributed by atoms with Gasteiger partial charge < -0.3 is 9.80 Å². The summed E-state index contributed by atoms with van der Waals surface area (Å²) in [5.41, 5.74) is 1.37. The number of likely N-dealkylation sites (tertiary alicyclic amines) is 2. The zero-order valence-electron chi connectivity index (χ0n) is 14.8. The molecule has 0 N–H and O–H groups in total. The monoisotopic (exact) mass is 328 g/mol. The fourth-order valence-electron chi connectivity index (χ4n) is 3.89. The highest BCUT2D eigenvalue weighted by Gasteiger charge is 2.26. The lowest BCUT2D eigenvalue weighted by molar-refractivity contribution is 0.0623. The number of nitrogens with zero attached hydrogens (tertiary/aromatic N) is 2. The van der Waals surface area contributed by atoms with Gasteiger partial charge in [-0.25, -0.2) is 0 Å². The van der Waals surface area contributed by atoms with Crippen LogP contribution in [0.3, 0.4) is 0 Å². The second-order valence-electron chi connectivity index (χ2n) is 7.26. The number of benzene rings is 1. The van der Waals surface area contributed by atoms with Gasteiger partial charge >= 0.3 is 0 Å². The number of carbonyl (C=O) groups is 2. The molecule has 2 fully saturated rings. The minimum atomic E-state index is 0.0903. The van der Waals surface area contributed by atoms with E-state index < -0.39 is 0 Å². The predicted octanol–water partition coefficient (Wildman–Crippen LogP) is 3.72. The van der Waals surface area contributed by atoms with Crippen LogP contribution in [0.1, 0.15) is 73.1 Å². The molecular weight excluding hydrogens is 300 g/mol. The van der Waals surface area contributed by atoms with Crippen molar-refractivity contribution in [2.45, 2.75) is 64.5 Å². The Hall–Kier alpha value is -1.84. The molecule has 2 amide bonds. The number of amides is 2. The van der Waals surface area contributed by atoms with E-state index in [1.807, 2.05) is 34.1 Å². The molecule has 2 saturated heterocycles. The summed E-state index contributed by atoms with van der Waals surface area (Å²) in [5.74, 6) is 0.181. The molecular formula is C20H28N2O2. The lowest BCUT2D eigenvalue weighted by Crippen LogP contribution is -2.42. The summed E-state index contributed by atoms with van der Waals surface area (Å²) >= 11 is 0. The molecule has 2 heterocycles. The second kappa shape index (κ2) is 7.37. The Balaban J connectivity index is 1.70. The van der Waals surface area contributed by atoms with Crippen molar-refractivity contribution in [3.63, 3.8) is 0 Å². The maximum Gasteiger partial charge on any atom is 0.254 e. The maximum absolute atomic E-state index is 12.7. The zero-order valence-corrected chi connectivity index (χ0v) is 14.8. The van der Waals surface area contributed by atoms with Crippen LogP contribution in [0.2, 0.25) is 0 Å². The summed E-state index contributed by atoms with van der Waals surface area (Å²) in [6, 6.07) is 7.86. The van der Waals surface area contributed by atoms with Crippen LogP contribution in [0.25, 0.3) is 0 Å². The van der Waals surface area contributed by atoms with E-state index in [0.29, 0.717) is 23.2 Å². The highest BCUT2D eigenvalue weighted by Crippen LogP contribution is 2.21. The molecule has 24 heavy (non-hydrogen) atoms. The molecule has 0 aliphatic carbocycles. The molecule has 2 atom stereocenters. The van der Waals surface area contributed by atoms with Crippen LogP contribution in [0, 0.1) is 0 Å². The van der Waals surface area contributed by atoms with E-state index in [2.05, 4.69) is 13.8 Å². The third kappa shape index (κ3) is 3.47. The molecule has 2 aliphatic heterocycles. The third-order valence-corrected chi connectivity index (χ3v) is 5.51. The van der Waals surface area contributed by atoms with Gasteiger partial charge in [0.25, 0.3) is 11.8 Å².